The van der Waals surface area contributed by atoms with Crippen molar-refractivity contribution in [3.8, 4) is 0 Å². The van der Waals surface area contributed by atoms with E-state index in [1.54, 1.807) is 6.07 Å². The fourth-order valence-electron chi connectivity index (χ4n) is 2.11. The first-order valence-electron chi connectivity index (χ1n) is 5.31. The van der Waals surface area contributed by atoms with Crippen molar-refractivity contribution in [1.82, 2.24) is 5.32 Å². The molecule has 0 atom stereocenters. The minimum absolute atomic E-state index is 0.292. The highest BCUT2D eigenvalue weighted by Gasteiger charge is 2.33. The van der Waals surface area contributed by atoms with Gasteiger partial charge in [0, 0.05) is 5.56 Å². The zero-order valence-corrected chi connectivity index (χ0v) is 8.89. The Morgan fingerprint density at radius 2 is 2.00 bits per heavy atom. The number of halogens is 1. The molecule has 0 amide bonds. The van der Waals surface area contributed by atoms with Crippen LogP contribution in [0.5, 0.6) is 0 Å². The van der Waals surface area contributed by atoms with Crippen molar-refractivity contribution in [2.24, 2.45) is 0 Å². The van der Waals surface area contributed by atoms with Gasteiger partial charge >= 0.3 is 0 Å². The van der Waals surface area contributed by atoms with Crippen molar-refractivity contribution >= 4 is 0 Å². The van der Waals surface area contributed by atoms with Gasteiger partial charge in [0.05, 0.1) is 5.60 Å². The summed E-state index contributed by atoms with van der Waals surface area (Å²) in [5, 5.41) is 13.5. The molecule has 3 heteroatoms. The summed E-state index contributed by atoms with van der Waals surface area (Å²) in [6.07, 6.45) is 1.15. The third-order valence-corrected chi connectivity index (χ3v) is 3.06. The maximum Gasteiger partial charge on any atom is 0.129 e. The summed E-state index contributed by atoms with van der Waals surface area (Å²) in [4.78, 5) is 0. The molecule has 0 bridgehead atoms. The molecule has 0 unspecified atom stereocenters. The molecule has 0 radical (unpaired) electrons. The van der Waals surface area contributed by atoms with Gasteiger partial charge in [0.15, 0.2) is 0 Å². The van der Waals surface area contributed by atoms with E-state index in [-0.39, 0.29) is 5.82 Å². The van der Waals surface area contributed by atoms with Gasteiger partial charge in [0.1, 0.15) is 5.82 Å². The predicted molar refractivity (Wildman–Crippen MR) is 57.1 cm³/mol. The van der Waals surface area contributed by atoms with Crippen molar-refractivity contribution in [3.63, 3.8) is 0 Å². The Morgan fingerprint density at radius 3 is 2.60 bits per heavy atom. The lowest BCUT2D eigenvalue weighted by atomic mass is 9.84. The monoisotopic (exact) mass is 209 g/mol. The molecule has 15 heavy (non-hydrogen) atoms. The molecule has 0 spiro atoms. The van der Waals surface area contributed by atoms with Crippen LogP contribution in [-0.2, 0) is 5.60 Å². The molecule has 1 aromatic carbocycles. The predicted octanol–water partition coefficient (Wildman–Crippen LogP) is 1.71. The Bertz CT molecular complexity index is 359. The lowest BCUT2D eigenvalue weighted by molar-refractivity contribution is 0.00275. The second-order valence-electron chi connectivity index (χ2n) is 4.26. The number of aliphatic hydroxyl groups is 1. The summed E-state index contributed by atoms with van der Waals surface area (Å²) in [6, 6.07) is 5.03. The van der Waals surface area contributed by atoms with E-state index in [2.05, 4.69) is 5.32 Å². The topological polar surface area (TPSA) is 32.3 Å². The van der Waals surface area contributed by atoms with Gasteiger partial charge in [-0.3, -0.25) is 0 Å². The lowest BCUT2D eigenvalue weighted by Gasteiger charge is -2.33. The van der Waals surface area contributed by atoms with Gasteiger partial charge < -0.3 is 10.4 Å². The molecular formula is C12H16FNO. The van der Waals surface area contributed by atoms with Crippen molar-refractivity contribution in [2.45, 2.75) is 25.4 Å². The SMILES string of the molecule is Cc1ccc(C2(O)CCNCC2)c(F)c1. The van der Waals surface area contributed by atoms with Crippen LogP contribution in [0.1, 0.15) is 24.0 Å². The van der Waals surface area contributed by atoms with Gasteiger partial charge in [-0.15, -0.1) is 0 Å². The van der Waals surface area contributed by atoms with Gasteiger partial charge in [-0.1, -0.05) is 12.1 Å². The van der Waals surface area contributed by atoms with E-state index in [0.717, 1.165) is 18.7 Å². The highest BCUT2D eigenvalue weighted by atomic mass is 19.1. The van der Waals surface area contributed by atoms with E-state index in [1.165, 1.54) is 6.07 Å². The summed E-state index contributed by atoms with van der Waals surface area (Å²) in [5.74, 6) is -0.292. The molecule has 1 saturated heterocycles. The molecule has 1 fully saturated rings. The van der Waals surface area contributed by atoms with E-state index in [0.29, 0.717) is 18.4 Å². The summed E-state index contributed by atoms with van der Waals surface area (Å²) in [7, 11) is 0. The highest BCUT2D eigenvalue weighted by molar-refractivity contribution is 5.28. The zero-order chi connectivity index (χ0) is 10.9. The van der Waals surface area contributed by atoms with Crippen molar-refractivity contribution in [3.05, 3.63) is 35.1 Å². The number of nitrogens with one attached hydrogen (secondary N) is 1. The lowest BCUT2D eigenvalue weighted by Crippen LogP contribution is -2.40. The van der Waals surface area contributed by atoms with Crippen molar-refractivity contribution < 1.29 is 9.50 Å². The molecule has 0 saturated carbocycles. The van der Waals surface area contributed by atoms with Crippen LogP contribution >= 0.6 is 0 Å². The third-order valence-electron chi connectivity index (χ3n) is 3.06. The standard InChI is InChI=1S/C12H16FNO/c1-9-2-3-10(11(13)8-9)12(15)4-6-14-7-5-12/h2-3,8,14-15H,4-7H2,1H3. The molecule has 1 aliphatic rings. The summed E-state index contributed by atoms with van der Waals surface area (Å²) >= 11 is 0. The first-order valence-corrected chi connectivity index (χ1v) is 5.31. The number of aryl methyl sites for hydroxylation is 1. The minimum atomic E-state index is -0.983. The Kier molecular flexibility index (Phi) is 2.76. The molecule has 2 nitrogen and oxygen atoms in total. The molecule has 82 valence electrons. The Hall–Kier alpha value is -0.930. The van der Waals surface area contributed by atoms with Crippen LogP contribution in [0.4, 0.5) is 4.39 Å². The van der Waals surface area contributed by atoms with E-state index in [9.17, 15) is 9.50 Å². The van der Waals surface area contributed by atoms with Gasteiger partial charge in [-0.05, 0) is 44.5 Å². The van der Waals surface area contributed by atoms with Crippen LogP contribution < -0.4 is 5.32 Å². The van der Waals surface area contributed by atoms with Crippen molar-refractivity contribution in [2.75, 3.05) is 13.1 Å². The van der Waals surface area contributed by atoms with Gasteiger partial charge in [-0.2, -0.15) is 0 Å². The summed E-state index contributed by atoms with van der Waals surface area (Å²) in [6.45, 7) is 3.33. The largest absolute Gasteiger partial charge is 0.385 e. The normalized spacial score (nSPS) is 20.2. The van der Waals surface area contributed by atoms with Crippen LogP contribution in [0.2, 0.25) is 0 Å². The summed E-state index contributed by atoms with van der Waals surface area (Å²) < 4.78 is 13.7. The number of hydrogen-bond acceptors (Lipinski definition) is 2. The minimum Gasteiger partial charge on any atom is -0.385 e. The second kappa shape index (κ2) is 3.91. The number of benzene rings is 1. The molecular weight excluding hydrogens is 193 g/mol. The van der Waals surface area contributed by atoms with E-state index in [1.807, 2.05) is 13.0 Å². The molecule has 1 heterocycles. The average molecular weight is 209 g/mol. The van der Waals surface area contributed by atoms with Gasteiger partial charge in [0.2, 0.25) is 0 Å². The highest BCUT2D eigenvalue weighted by Crippen LogP contribution is 2.32. The summed E-state index contributed by atoms with van der Waals surface area (Å²) in [5.41, 5.74) is 0.339. The maximum atomic E-state index is 13.7. The average Bonchev–Trinajstić information content (AvgIpc) is 2.18. The Balaban J connectivity index is 2.35. The van der Waals surface area contributed by atoms with Crippen LogP contribution in [-0.4, -0.2) is 18.2 Å². The van der Waals surface area contributed by atoms with Crippen molar-refractivity contribution in [1.29, 1.82) is 0 Å². The molecule has 1 aromatic rings. The number of rotatable bonds is 1. The third kappa shape index (κ3) is 2.03. The first kappa shape index (κ1) is 10.6. The van der Waals surface area contributed by atoms with Gasteiger partial charge in [-0.25, -0.2) is 4.39 Å². The van der Waals surface area contributed by atoms with Crippen LogP contribution in [0.3, 0.4) is 0 Å². The van der Waals surface area contributed by atoms with Crippen LogP contribution in [0, 0.1) is 12.7 Å². The Morgan fingerprint density at radius 1 is 1.33 bits per heavy atom. The van der Waals surface area contributed by atoms with Crippen LogP contribution in [0.15, 0.2) is 18.2 Å². The first-order chi connectivity index (χ1) is 7.12. The molecule has 1 aliphatic heterocycles. The smallest absolute Gasteiger partial charge is 0.129 e. The van der Waals surface area contributed by atoms with E-state index in [4.69, 9.17) is 0 Å². The number of hydrogen-bond donors (Lipinski definition) is 2. The molecule has 2 N–H and O–H groups in total. The second-order valence-corrected chi connectivity index (χ2v) is 4.26. The van der Waals surface area contributed by atoms with Gasteiger partial charge in [0.25, 0.3) is 0 Å². The molecule has 2 rings (SSSR count). The fourth-order valence-corrected chi connectivity index (χ4v) is 2.11. The van der Waals surface area contributed by atoms with E-state index >= 15 is 0 Å². The number of piperidine rings is 1. The van der Waals surface area contributed by atoms with E-state index < -0.39 is 5.60 Å². The maximum absolute atomic E-state index is 13.7. The molecule has 0 aliphatic carbocycles. The Labute approximate surface area is 89.1 Å². The quantitative estimate of drug-likeness (QED) is 0.738. The fraction of sp³-hybridized carbons (Fsp3) is 0.500. The zero-order valence-electron chi connectivity index (χ0n) is 8.89. The van der Waals surface area contributed by atoms with Crippen LogP contribution in [0.25, 0.3) is 0 Å². The molecule has 0 aromatic heterocycles.